The molecule has 3 aromatic carbocycles. The van der Waals surface area contributed by atoms with Gasteiger partial charge in [0.2, 0.25) is 0 Å². The first-order valence-corrected chi connectivity index (χ1v) is 9.17. The lowest BCUT2D eigenvalue weighted by molar-refractivity contribution is 0.188. The lowest BCUT2D eigenvalue weighted by atomic mass is 9.99. The first-order valence-electron chi connectivity index (χ1n) is 9.17. The number of hydrogen-bond acceptors (Lipinski definition) is 4. The van der Waals surface area contributed by atoms with Crippen molar-refractivity contribution in [2.24, 2.45) is 0 Å². The van der Waals surface area contributed by atoms with Crippen LogP contribution in [0.4, 0.5) is 0 Å². The van der Waals surface area contributed by atoms with Crippen molar-refractivity contribution >= 4 is 0 Å². The number of nitrogens with zero attached hydrogens (tertiary/aromatic N) is 3. The fraction of sp³-hybridized carbons (Fsp3) is 0.130. The van der Waals surface area contributed by atoms with Crippen molar-refractivity contribution in [3.63, 3.8) is 0 Å². The van der Waals surface area contributed by atoms with E-state index >= 15 is 0 Å². The van der Waals surface area contributed by atoms with E-state index in [2.05, 4.69) is 10.3 Å². The summed E-state index contributed by atoms with van der Waals surface area (Å²) < 4.78 is 1.66. The van der Waals surface area contributed by atoms with Gasteiger partial charge < -0.3 is 10.2 Å². The predicted octanol–water partition coefficient (Wildman–Crippen LogP) is 3.49. The van der Waals surface area contributed by atoms with Crippen LogP contribution in [0.3, 0.4) is 0 Å². The maximum atomic E-state index is 11.1. The second kappa shape index (κ2) is 8.17. The molecule has 0 aliphatic rings. The minimum atomic E-state index is -0.973. The van der Waals surface area contributed by atoms with Gasteiger partial charge in [-0.1, -0.05) is 96.2 Å². The summed E-state index contributed by atoms with van der Waals surface area (Å²) in [5, 5.41) is 30.5. The molecule has 2 N–H and O–H groups in total. The van der Waals surface area contributed by atoms with Gasteiger partial charge in [-0.2, -0.15) is 0 Å². The summed E-state index contributed by atoms with van der Waals surface area (Å²) in [6.07, 6.45) is -1.92. The van der Waals surface area contributed by atoms with Crippen LogP contribution in [0.25, 0.3) is 0 Å². The number of rotatable bonds is 6. The summed E-state index contributed by atoms with van der Waals surface area (Å²) in [5.41, 5.74) is 3.32. The second-order valence-corrected chi connectivity index (χ2v) is 6.63. The van der Waals surface area contributed by atoms with Crippen LogP contribution in [-0.4, -0.2) is 25.2 Å². The van der Waals surface area contributed by atoms with Gasteiger partial charge in [0, 0.05) is 0 Å². The molecule has 0 bridgehead atoms. The van der Waals surface area contributed by atoms with Gasteiger partial charge in [-0.3, -0.25) is 0 Å². The molecule has 0 aliphatic heterocycles. The summed E-state index contributed by atoms with van der Waals surface area (Å²) in [7, 11) is 0. The number of aromatic nitrogens is 3. The van der Waals surface area contributed by atoms with E-state index in [0.717, 1.165) is 11.1 Å². The highest BCUT2D eigenvalue weighted by molar-refractivity contribution is 5.34. The Morgan fingerprint density at radius 3 is 1.75 bits per heavy atom. The summed E-state index contributed by atoms with van der Waals surface area (Å²) in [4.78, 5) is 0. The Kier molecular flexibility index (Phi) is 5.28. The van der Waals surface area contributed by atoms with Gasteiger partial charge >= 0.3 is 0 Å². The number of hydrogen-bond donors (Lipinski definition) is 2. The average Bonchev–Trinajstić information content (AvgIpc) is 3.18. The Morgan fingerprint density at radius 2 is 1.18 bits per heavy atom. The smallest absolute Gasteiger partial charge is 0.125 e. The third kappa shape index (κ3) is 3.71. The van der Waals surface area contributed by atoms with Crippen molar-refractivity contribution < 1.29 is 10.2 Å². The van der Waals surface area contributed by atoms with E-state index in [1.54, 1.807) is 4.68 Å². The summed E-state index contributed by atoms with van der Waals surface area (Å²) in [6.45, 7) is 0.453. The molecule has 5 nitrogen and oxygen atoms in total. The van der Waals surface area contributed by atoms with Crippen LogP contribution in [0, 0.1) is 0 Å². The Hall–Kier alpha value is -3.28. The van der Waals surface area contributed by atoms with Crippen LogP contribution in [0.15, 0.2) is 91.0 Å². The Bertz CT molecular complexity index is 1020. The lowest BCUT2D eigenvalue weighted by Crippen LogP contribution is -2.14. The quantitative estimate of drug-likeness (QED) is 0.544. The van der Waals surface area contributed by atoms with E-state index in [9.17, 15) is 10.2 Å². The average molecular weight is 371 g/mol. The van der Waals surface area contributed by atoms with E-state index in [4.69, 9.17) is 0 Å². The monoisotopic (exact) mass is 371 g/mol. The zero-order chi connectivity index (χ0) is 19.3. The molecule has 2 atom stereocenters. The molecular formula is C23H21N3O2. The van der Waals surface area contributed by atoms with Gasteiger partial charge in [-0.25, -0.2) is 4.68 Å². The second-order valence-electron chi connectivity index (χ2n) is 6.63. The summed E-state index contributed by atoms with van der Waals surface area (Å²) in [5.74, 6) is 0. The first kappa shape index (κ1) is 18.1. The molecule has 28 heavy (non-hydrogen) atoms. The number of aliphatic hydroxyl groups excluding tert-OH is 2. The molecule has 0 spiro atoms. The van der Waals surface area contributed by atoms with Crippen molar-refractivity contribution in [3.05, 3.63) is 119 Å². The first-order chi connectivity index (χ1) is 13.7. The molecule has 4 rings (SSSR count). The molecule has 140 valence electrons. The highest BCUT2D eigenvalue weighted by Crippen LogP contribution is 2.30. The van der Waals surface area contributed by atoms with Gasteiger partial charge in [0.05, 0.1) is 12.2 Å². The van der Waals surface area contributed by atoms with Crippen LogP contribution in [-0.2, 0) is 6.54 Å². The van der Waals surface area contributed by atoms with E-state index in [0.29, 0.717) is 23.5 Å². The molecule has 0 fully saturated rings. The molecule has 1 heterocycles. The maximum Gasteiger partial charge on any atom is 0.125 e. The molecule has 0 saturated carbocycles. The maximum absolute atomic E-state index is 11.1. The molecule has 0 radical (unpaired) electrons. The highest BCUT2D eigenvalue weighted by atomic mass is 16.3. The van der Waals surface area contributed by atoms with Crippen LogP contribution in [0.2, 0.25) is 0 Å². The van der Waals surface area contributed by atoms with Crippen molar-refractivity contribution in [1.29, 1.82) is 0 Å². The predicted molar refractivity (Wildman–Crippen MR) is 107 cm³/mol. The van der Waals surface area contributed by atoms with E-state index in [1.165, 1.54) is 0 Å². The molecule has 0 amide bonds. The topological polar surface area (TPSA) is 71.2 Å². The Balaban J connectivity index is 1.78. The molecule has 0 saturated heterocycles. The third-order valence-electron chi connectivity index (χ3n) is 4.72. The van der Waals surface area contributed by atoms with E-state index in [-0.39, 0.29) is 0 Å². The molecule has 1 aromatic heterocycles. The van der Waals surface area contributed by atoms with Crippen LogP contribution in [0.1, 0.15) is 40.3 Å². The third-order valence-corrected chi connectivity index (χ3v) is 4.72. The van der Waals surface area contributed by atoms with Gasteiger partial charge in [0.25, 0.3) is 0 Å². The standard InChI is InChI=1S/C23H21N3O2/c27-22(18-12-6-2-7-13-18)20-21(23(28)19-14-8-3-9-15-19)26(25-24-20)16-17-10-4-1-5-11-17/h1-15,22-23,27-28H,16H2/t22-,23-/m0/s1. The number of aliphatic hydroxyl groups is 2. The van der Waals surface area contributed by atoms with Crippen molar-refractivity contribution in [2.45, 2.75) is 18.8 Å². The van der Waals surface area contributed by atoms with Gasteiger partial charge in [0.15, 0.2) is 0 Å². The highest BCUT2D eigenvalue weighted by Gasteiger charge is 2.27. The van der Waals surface area contributed by atoms with Crippen LogP contribution >= 0.6 is 0 Å². The summed E-state index contributed by atoms with van der Waals surface area (Å²) >= 11 is 0. The zero-order valence-corrected chi connectivity index (χ0v) is 15.3. The fourth-order valence-corrected chi connectivity index (χ4v) is 3.27. The minimum absolute atomic E-state index is 0.360. The molecule has 4 aromatic rings. The van der Waals surface area contributed by atoms with Crippen molar-refractivity contribution in [1.82, 2.24) is 15.0 Å². The Morgan fingerprint density at radius 1 is 0.679 bits per heavy atom. The zero-order valence-electron chi connectivity index (χ0n) is 15.3. The van der Waals surface area contributed by atoms with E-state index < -0.39 is 12.2 Å². The van der Waals surface area contributed by atoms with Gasteiger partial charge in [-0.05, 0) is 16.7 Å². The molecule has 0 unspecified atom stereocenters. The van der Waals surface area contributed by atoms with Crippen molar-refractivity contribution in [3.8, 4) is 0 Å². The van der Waals surface area contributed by atoms with Gasteiger partial charge in [0.1, 0.15) is 17.9 Å². The molecule has 0 aliphatic carbocycles. The Labute approximate surface area is 163 Å². The summed E-state index contributed by atoms with van der Waals surface area (Å²) in [6, 6.07) is 28.5. The van der Waals surface area contributed by atoms with Gasteiger partial charge in [-0.15, -0.1) is 5.10 Å². The molecular weight excluding hydrogens is 350 g/mol. The largest absolute Gasteiger partial charge is 0.382 e. The SMILES string of the molecule is O[C@@H](c1ccccc1)c1nnn(Cc2ccccc2)c1[C@@H](O)c1ccccc1. The van der Waals surface area contributed by atoms with Crippen LogP contribution in [0.5, 0.6) is 0 Å². The fourth-order valence-electron chi connectivity index (χ4n) is 3.27. The lowest BCUT2D eigenvalue weighted by Gasteiger charge is -2.17. The van der Waals surface area contributed by atoms with Crippen molar-refractivity contribution in [2.75, 3.05) is 0 Å². The van der Waals surface area contributed by atoms with Crippen LogP contribution < -0.4 is 0 Å². The normalized spacial score (nSPS) is 13.2. The molecule has 5 heteroatoms. The minimum Gasteiger partial charge on any atom is -0.382 e. The van der Waals surface area contributed by atoms with E-state index in [1.807, 2.05) is 91.0 Å². The number of benzene rings is 3.